The van der Waals surface area contributed by atoms with Gasteiger partial charge < -0.3 is 29.8 Å². The van der Waals surface area contributed by atoms with Gasteiger partial charge in [-0.25, -0.2) is 0 Å². The molecule has 10 nitrogen and oxygen atoms in total. The Morgan fingerprint density at radius 1 is 0.933 bits per heavy atom. The van der Waals surface area contributed by atoms with Crippen LogP contribution < -0.4 is 19.7 Å². The summed E-state index contributed by atoms with van der Waals surface area (Å²) in [4.78, 5) is 19.1. The molecule has 1 saturated heterocycles. The first-order valence-electron chi connectivity index (χ1n) is 14.8. The Balaban J connectivity index is 0.914. The summed E-state index contributed by atoms with van der Waals surface area (Å²) in [5.74, 6) is 0.516. The number of aromatic nitrogens is 2. The van der Waals surface area contributed by atoms with Gasteiger partial charge in [-0.2, -0.15) is 13.2 Å². The van der Waals surface area contributed by atoms with Crippen molar-refractivity contribution in [2.45, 2.75) is 38.3 Å². The number of hydrogen-bond acceptors (Lipinski definition) is 8. The van der Waals surface area contributed by atoms with Crippen LogP contribution in [0.15, 0.2) is 79.0 Å². The minimum Gasteiger partial charge on any atom is -0.490 e. The van der Waals surface area contributed by atoms with Crippen LogP contribution in [0.1, 0.15) is 23.1 Å². The summed E-state index contributed by atoms with van der Waals surface area (Å²) in [6.07, 6.45) is -2.49. The van der Waals surface area contributed by atoms with Gasteiger partial charge in [0.1, 0.15) is 24.7 Å². The molecule has 13 heteroatoms. The van der Waals surface area contributed by atoms with Gasteiger partial charge in [-0.3, -0.25) is 9.47 Å². The maximum atomic E-state index is 12.8. The van der Waals surface area contributed by atoms with E-state index >= 15 is 0 Å². The molecule has 0 aliphatic carbocycles. The fraction of sp³-hybridized carbons (Fsp3) is 0.344. The van der Waals surface area contributed by atoms with E-state index in [0.717, 1.165) is 67.5 Å². The first-order valence-corrected chi connectivity index (χ1v) is 14.8. The van der Waals surface area contributed by atoms with E-state index < -0.39 is 16.7 Å². The molecular weight excluding hydrogens is 589 g/mol. The van der Waals surface area contributed by atoms with Gasteiger partial charge in [0, 0.05) is 68.6 Å². The van der Waals surface area contributed by atoms with Crippen LogP contribution in [0.3, 0.4) is 0 Å². The summed E-state index contributed by atoms with van der Waals surface area (Å²) >= 11 is 0. The maximum Gasteiger partial charge on any atom is 0.416 e. The molecule has 1 atom stereocenters. The smallest absolute Gasteiger partial charge is 0.416 e. The Morgan fingerprint density at radius 3 is 2.29 bits per heavy atom. The van der Waals surface area contributed by atoms with Gasteiger partial charge in [0.25, 0.3) is 0 Å². The lowest BCUT2D eigenvalue weighted by Gasteiger charge is -2.36. The molecule has 1 fully saturated rings. The Morgan fingerprint density at radius 2 is 1.62 bits per heavy atom. The van der Waals surface area contributed by atoms with Crippen molar-refractivity contribution in [2.75, 3.05) is 43.0 Å². The highest BCUT2D eigenvalue weighted by Crippen LogP contribution is 2.29. The average Bonchev–Trinajstić information content (AvgIpc) is 3.48. The molecule has 45 heavy (non-hydrogen) atoms. The number of rotatable bonds is 10. The molecule has 4 aromatic rings. The number of hydrogen-bond donors (Lipinski definition) is 1. The quantitative estimate of drug-likeness (QED) is 0.171. The number of nitro groups is 1. The molecule has 1 unspecified atom stereocenters. The molecule has 0 amide bonds. The zero-order chi connectivity index (χ0) is 31.4. The van der Waals surface area contributed by atoms with E-state index in [0.29, 0.717) is 26.1 Å². The number of piperazine rings is 1. The molecule has 3 aromatic carbocycles. The highest BCUT2D eigenvalue weighted by Gasteiger charge is 2.30. The summed E-state index contributed by atoms with van der Waals surface area (Å²) in [6, 6.07) is 21.6. The molecule has 2 aliphatic rings. The second-order valence-electron chi connectivity index (χ2n) is 11.2. The van der Waals surface area contributed by atoms with Crippen LogP contribution in [0.25, 0.3) is 0 Å². The SMILES string of the molecule is O=[N+]([O-])c1cn2c(n1)OC(COc1ccc(N3CCN(Cc4ccc(NCc5ccc(C(F)(F)F)cc5)cc4)CC3)cc1)CC2. The number of imidazole rings is 1. The monoisotopic (exact) mass is 622 g/mol. The molecule has 236 valence electrons. The van der Waals surface area contributed by atoms with Crippen LogP contribution in [-0.4, -0.2) is 58.3 Å². The highest BCUT2D eigenvalue weighted by molar-refractivity contribution is 5.49. The lowest BCUT2D eigenvalue weighted by Crippen LogP contribution is -2.45. The van der Waals surface area contributed by atoms with Crippen LogP contribution >= 0.6 is 0 Å². The zero-order valence-corrected chi connectivity index (χ0v) is 24.4. The predicted octanol–water partition coefficient (Wildman–Crippen LogP) is 5.97. The Labute approximate surface area is 258 Å². The van der Waals surface area contributed by atoms with E-state index in [-0.39, 0.29) is 17.9 Å². The third-order valence-corrected chi connectivity index (χ3v) is 8.03. The number of nitrogens with one attached hydrogen (secondary N) is 1. The van der Waals surface area contributed by atoms with Crippen LogP contribution in [0.2, 0.25) is 0 Å². The van der Waals surface area contributed by atoms with Crippen molar-refractivity contribution in [1.29, 1.82) is 0 Å². The third-order valence-electron chi connectivity index (χ3n) is 8.03. The molecular formula is C32H33F3N6O4. The fourth-order valence-corrected chi connectivity index (χ4v) is 5.44. The molecule has 0 spiro atoms. The molecule has 0 saturated carbocycles. The lowest BCUT2D eigenvalue weighted by molar-refractivity contribution is -0.389. The van der Waals surface area contributed by atoms with E-state index in [1.807, 2.05) is 24.3 Å². The average molecular weight is 623 g/mol. The molecule has 6 rings (SSSR count). The van der Waals surface area contributed by atoms with Crippen molar-refractivity contribution in [3.8, 4) is 11.8 Å². The van der Waals surface area contributed by atoms with E-state index in [4.69, 9.17) is 9.47 Å². The topological polar surface area (TPSA) is 97.9 Å². The number of nitrogens with zero attached hydrogens (tertiary/aromatic N) is 5. The van der Waals surface area contributed by atoms with E-state index in [9.17, 15) is 23.3 Å². The largest absolute Gasteiger partial charge is 0.490 e. The summed E-state index contributed by atoms with van der Waals surface area (Å²) in [6.45, 7) is 5.88. The number of benzene rings is 3. The molecule has 2 aliphatic heterocycles. The fourth-order valence-electron chi connectivity index (χ4n) is 5.44. The van der Waals surface area contributed by atoms with Crippen molar-refractivity contribution < 1.29 is 27.6 Å². The normalized spacial score (nSPS) is 17.0. The zero-order valence-electron chi connectivity index (χ0n) is 24.4. The van der Waals surface area contributed by atoms with Crippen LogP contribution in [-0.2, 0) is 25.8 Å². The first kappa shape index (κ1) is 30.3. The van der Waals surface area contributed by atoms with Gasteiger partial charge in [0.15, 0.2) is 0 Å². The second-order valence-corrected chi connectivity index (χ2v) is 11.2. The van der Waals surface area contributed by atoms with E-state index in [2.05, 4.69) is 44.4 Å². The van der Waals surface area contributed by atoms with Crippen molar-refractivity contribution in [1.82, 2.24) is 14.5 Å². The Hall–Kier alpha value is -4.78. The number of fused-ring (bicyclic) bond motifs is 1. The van der Waals surface area contributed by atoms with Crippen molar-refractivity contribution >= 4 is 17.2 Å². The molecule has 1 aromatic heterocycles. The second kappa shape index (κ2) is 13.1. The van der Waals surface area contributed by atoms with Gasteiger partial charge in [-0.05, 0) is 64.6 Å². The van der Waals surface area contributed by atoms with E-state index in [1.54, 1.807) is 4.57 Å². The number of halogens is 3. The molecule has 3 heterocycles. The summed E-state index contributed by atoms with van der Waals surface area (Å²) in [5.41, 5.74) is 3.39. The van der Waals surface area contributed by atoms with E-state index in [1.165, 1.54) is 23.9 Å². The Kier molecular flexibility index (Phi) is 8.78. The van der Waals surface area contributed by atoms with Gasteiger partial charge in [-0.15, -0.1) is 0 Å². The van der Waals surface area contributed by atoms with Crippen molar-refractivity contribution in [3.63, 3.8) is 0 Å². The van der Waals surface area contributed by atoms with Gasteiger partial charge in [-0.1, -0.05) is 24.3 Å². The molecule has 0 radical (unpaired) electrons. The maximum absolute atomic E-state index is 12.8. The van der Waals surface area contributed by atoms with Gasteiger partial charge >= 0.3 is 18.0 Å². The number of anilines is 2. The predicted molar refractivity (Wildman–Crippen MR) is 163 cm³/mol. The summed E-state index contributed by atoms with van der Waals surface area (Å²) in [7, 11) is 0. The van der Waals surface area contributed by atoms with Crippen molar-refractivity contribution in [3.05, 3.63) is 106 Å². The van der Waals surface area contributed by atoms with Crippen LogP contribution in [0.4, 0.5) is 30.4 Å². The highest BCUT2D eigenvalue weighted by atomic mass is 19.4. The standard InChI is InChI=1S/C32H33F3N6O4/c33-32(34,35)25-5-1-23(2-6-25)19-36-26-7-3-24(4-8-26)20-38-15-17-39(18-16-38)27-9-11-28(12-10-27)44-22-29-13-14-40-21-30(41(42)43)37-31(40)45-29/h1-12,21,29,36H,13-20,22H2. The number of alkyl halides is 3. The van der Waals surface area contributed by atoms with Crippen molar-refractivity contribution in [2.24, 2.45) is 0 Å². The summed E-state index contributed by atoms with van der Waals surface area (Å²) < 4.78 is 51.7. The van der Waals surface area contributed by atoms with Crippen LogP contribution in [0, 0.1) is 10.1 Å². The minimum absolute atomic E-state index is 0.218. The first-order chi connectivity index (χ1) is 21.7. The van der Waals surface area contributed by atoms with Crippen LogP contribution in [0.5, 0.6) is 11.8 Å². The summed E-state index contributed by atoms with van der Waals surface area (Å²) in [5, 5.41) is 14.2. The number of aryl methyl sites for hydroxylation is 1. The lowest BCUT2D eigenvalue weighted by atomic mass is 10.1. The third kappa shape index (κ3) is 7.66. The minimum atomic E-state index is -4.33. The number of ether oxygens (including phenoxy) is 2. The van der Waals surface area contributed by atoms with Gasteiger partial charge in [0.2, 0.25) is 0 Å². The molecule has 0 bridgehead atoms. The van der Waals surface area contributed by atoms with Gasteiger partial charge in [0.05, 0.1) is 5.56 Å². The Bertz CT molecular complexity index is 1590. The molecule has 1 N–H and O–H groups in total.